The van der Waals surface area contributed by atoms with E-state index in [9.17, 15) is 76.6 Å². The van der Waals surface area contributed by atoms with Gasteiger partial charge in [0, 0.05) is 6.42 Å². The highest BCUT2D eigenvalue weighted by Crippen LogP contribution is 2.68. The van der Waals surface area contributed by atoms with Gasteiger partial charge in [-0.1, -0.05) is 34.1 Å². The number of rotatable bonds is 17. The fourth-order valence-electron chi connectivity index (χ4n) is 16.9. The van der Waals surface area contributed by atoms with Gasteiger partial charge in [0.25, 0.3) is 0 Å². The summed E-state index contributed by atoms with van der Waals surface area (Å²) in [5, 5.41) is 165. The van der Waals surface area contributed by atoms with E-state index in [1.165, 1.54) is 6.92 Å². The maximum Gasteiger partial charge on any atom is 0.187 e. The van der Waals surface area contributed by atoms with E-state index >= 15 is 0 Å². The van der Waals surface area contributed by atoms with Crippen molar-refractivity contribution in [1.29, 1.82) is 0 Å². The van der Waals surface area contributed by atoms with E-state index in [2.05, 4.69) is 34.6 Å². The van der Waals surface area contributed by atoms with Gasteiger partial charge in [-0.3, -0.25) is 0 Å². The fourth-order valence-corrected chi connectivity index (χ4v) is 16.9. The van der Waals surface area contributed by atoms with Crippen molar-refractivity contribution in [2.45, 2.75) is 284 Å². The predicted molar refractivity (Wildman–Crippen MR) is 286 cm³/mol. The van der Waals surface area contributed by atoms with Gasteiger partial charge in [-0.05, 0) is 118 Å². The third kappa shape index (κ3) is 12.7. The molecule has 10 rings (SSSR count). The molecule has 492 valence electrons. The first-order chi connectivity index (χ1) is 40.3. The van der Waals surface area contributed by atoms with Crippen LogP contribution in [0, 0.1) is 46.3 Å². The minimum absolute atomic E-state index is 0.0627. The van der Waals surface area contributed by atoms with Crippen molar-refractivity contribution in [2.75, 3.05) is 33.0 Å². The Hall–Kier alpha value is -1.08. The normalized spacial score (nSPS) is 55.8. The summed E-state index contributed by atoms with van der Waals surface area (Å²) in [5.41, 5.74) is 0.247. The van der Waals surface area contributed by atoms with E-state index < -0.39 is 186 Å². The van der Waals surface area contributed by atoms with E-state index in [0.717, 1.165) is 64.4 Å². The van der Waals surface area contributed by atoms with Crippen LogP contribution in [0.3, 0.4) is 0 Å². The summed E-state index contributed by atoms with van der Waals surface area (Å²) in [6.45, 7) is 10.1. The number of fused-ring (bicyclic) bond motifs is 5. The summed E-state index contributed by atoms with van der Waals surface area (Å²) in [5.74, 6) is 2.41. The number of aliphatic hydroxyl groups excluding tert-OH is 15. The predicted octanol–water partition coefficient (Wildman–Crippen LogP) is -3.28. The lowest BCUT2D eigenvalue weighted by Gasteiger charge is -2.61. The van der Waals surface area contributed by atoms with Crippen molar-refractivity contribution in [1.82, 2.24) is 0 Å². The Balaban J connectivity index is 0.781. The van der Waals surface area contributed by atoms with Crippen LogP contribution in [0.4, 0.5) is 0 Å². The third-order valence-corrected chi connectivity index (χ3v) is 22.0. The lowest BCUT2D eigenvalue weighted by molar-refractivity contribution is -0.402. The number of ether oxygens (including phenoxy) is 12. The van der Waals surface area contributed by atoms with Gasteiger partial charge in [-0.15, -0.1) is 0 Å². The molecule has 0 bridgehead atoms. The SMILES string of the molecule is CC[C@H]1[C@@H](O[C@@]2(C)CC[C@@H](C)CO2)C[C@H]2[C@@H]3CC[C@H]4C[C@@H](O[C@@H]5OC(CO)[C@H](O[C@@H]6OC(CO)[C@@H](O)[C@H](O[C@@H]7OC(CO)[C@@H](O)[C@H](O)C7O[C@@H]7OC(CO)[C@@H](O)[C@H](O[C@@H]8OC(C)[C@H](O)C(O)[C@@H]8O)C7O)C6O)[C@H](O)C5O)CC[C@]4(C)[C@H]3CC[C@@]21C. The monoisotopic (exact) mass is 1230 g/mol. The molecule has 15 N–H and O–H groups in total. The Bertz CT molecular complexity index is 2150. The molecular weight excluding hydrogens is 1130 g/mol. The lowest BCUT2D eigenvalue weighted by atomic mass is 9.44. The molecule has 27 heteroatoms. The van der Waals surface area contributed by atoms with Gasteiger partial charge in [-0.25, -0.2) is 0 Å². The molecule has 0 aromatic rings. The van der Waals surface area contributed by atoms with E-state index in [1.807, 2.05) is 0 Å². The first-order valence-electron chi connectivity index (χ1n) is 31.1. The van der Waals surface area contributed by atoms with E-state index in [0.29, 0.717) is 48.3 Å². The molecule has 6 aliphatic heterocycles. The Labute approximate surface area is 495 Å². The highest BCUT2D eigenvalue weighted by Gasteiger charge is 2.64. The van der Waals surface area contributed by atoms with Crippen LogP contribution in [0.15, 0.2) is 0 Å². The molecule has 4 saturated carbocycles. The molecule has 27 nitrogen and oxygen atoms in total. The van der Waals surface area contributed by atoms with Crippen LogP contribution < -0.4 is 0 Å². The second-order valence-electron chi connectivity index (χ2n) is 27.1. The molecule has 10 aliphatic rings. The molecule has 10 fully saturated rings. The fraction of sp³-hybridized carbons (Fsp3) is 1.00. The molecule has 0 radical (unpaired) electrons. The Morgan fingerprint density at radius 1 is 0.435 bits per heavy atom. The van der Waals surface area contributed by atoms with Crippen LogP contribution >= 0.6 is 0 Å². The molecule has 6 saturated heterocycles. The second kappa shape index (κ2) is 26.9. The summed E-state index contributed by atoms with van der Waals surface area (Å²) >= 11 is 0. The minimum atomic E-state index is -2.11. The zero-order valence-corrected chi connectivity index (χ0v) is 49.5. The van der Waals surface area contributed by atoms with Crippen molar-refractivity contribution in [2.24, 2.45) is 46.3 Å². The summed E-state index contributed by atoms with van der Waals surface area (Å²) in [4.78, 5) is 0. The summed E-state index contributed by atoms with van der Waals surface area (Å²) in [6, 6.07) is 0. The molecule has 0 amide bonds. The molecular formula is C58H98O27. The Morgan fingerprint density at radius 2 is 0.953 bits per heavy atom. The maximum absolute atomic E-state index is 11.9. The van der Waals surface area contributed by atoms with Crippen molar-refractivity contribution in [3.63, 3.8) is 0 Å². The molecule has 0 aromatic carbocycles. The van der Waals surface area contributed by atoms with Gasteiger partial charge >= 0.3 is 0 Å². The van der Waals surface area contributed by atoms with Crippen LogP contribution in [-0.2, 0) is 56.8 Å². The van der Waals surface area contributed by atoms with Crippen molar-refractivity contribution < 1.29 is 133 Å². The Morgan fingerprint density at radius 3 is 1.55 bits per heavy atom. The highest BCUT2D eigenvalue weighted by atomic mass is 16.8. The van der Waals surface area contributed by atoms with Crippen molar-refractivity contribution in [3.05, 3.63) is 0 Å². The molecule has 4 aliphatic carbocycles. The van der Waals surface area contributed by atoms with Crippen LogP contribution in [0.2, 0.25) is 0 Å². The van der Waals surface area contributed by atoms with E-state index in [-0.39, 0.29) is 23.0 Å². The topological polar surface area (TPSA) is 414 Å². The molecule has 36 atom stereocenters. The van der Waals surface area contributed by atoms with Crippen LogP contribution in [0.1, 0.15) is 112 Å². The zero-order chi connectivity index (χ0) is 61.4. The summed E-state index contributed by atoms with van der Waals surface area (Å²) in [7, 11) is 0. The first kappa shape index (κ1) is 66.8. The molecule has 0 spiro atoms. The standard InChI is InChI=1S/C58H98O27/c1-7-28-31(85-58(6)15-10-23(2)22-74-58)17-30-27-9-8-25-16-26(11-13-56(25,4)29(27)12-14-57(28,30)5)76-52-44(71)42(69)47(35(21-62)80-52)81-53-46(73)49(39(66)34(20-61)77-53)83-55-50(41(68)37(64)32(18-59)79-55)84-54-45(72)48(38(65)33(19-60)78-54)82-51-43(70)40(67)36(63)24(3)75-51/h23-55,59-73H,7-22H2,1-6H3/t23-,24?,25+,26+,27-,28+,29+,30+,31+,32?,33?,34?,35?,36+,37-,38-,39-,40?,41+,42-,43+,44?,45?,46?,47+,48+,49+,50?,51+,52-,53+,54+,55+,56+,57-,58+/m1/s1. The van der Waals surface area contributed by atoms with E-state index in [4.69, 9.17) is 56.8 Å². The van der Waals surface area contributed by atoms with Gasteiger partial charge < -0.3 is 133 Å². The average Bonchev–Trinajstić information content (AvgIpc) is 2.70. The quantitative estimate of drug-likeness (QED) is 0.0635. The van der Waals surface area contributed by atoms with Crippen LogP contribution in [0.5, 0.6) is 0 Å². The smallest absolute Gasteiger partial charge is 0.187 e. The lowest BCUT2D eigenvalue weighted by Crippen LogP contribution is -2.68. The molecule has 6 heterocycles. The first-order valence-corrected chi connectivity index (χ1v) is 31.1. The summed E-state index contributed by atoms with van der Waals surface area (Å²) in [6.07, 6.45) is -34.2. The number of hydrogen-bond acceptors (Lipinski definition) is 27. The van der Waals surface area contributed by atoms with Crippen molar-refractivity contribution in [3.8, 4) is 0 Å². The Kier molecular flexibility index (Phi) is 21.1. The summed E-state index contributed by atoms with van der Waals surface area (Å²) < 4.78 is 72.5. The maximum atomic E-state index is 11.9. The van der Waals surface area contributed by atoms with Crippen molar-refractivity contribution >= 4 is 0 Å². The van der Waals surface area contributed by atoms with Gasteiger partial charge in [-0.2, -0.15) is 0 Å². The number of hydrogen-bond donors (Lipinski definition) is 15. The molecule has 0 aromatic heterocycles. The second-order valence-corrected chi connectivity index (χ2v) is 27.1. The van der Waals surface area contributed by atoms with E-state index in [1.54, 1.807) is 0 Å². The number of aliphatic hydroxyl groups is 15. The van der Waals surface area contributed by atoms with Gasteiger partial charge in [0.1, 0.15) is 116 Å². The largest absolute Gasteiger partial charge is 0.394 e. The third-order valence-electron chi connectivity index (χ3n) is 22.0. The van der Waals surface area contributed by atoms with Crippen LogP contribution in [0.25, 0.3) is 0 Å². The van der Waals surface area contributed by atoms with Crippen LogP contribution in [-0.4, -0.2) is 281 Å². The zero-order valence-electron chi connectivity index (χ0n) is 49.5. The van der Waals surface area contributed by atoms with Gasteiger partial charge in [0.15, 0.2) is 37.2 Å². The van der Waals surface area contributed by atoms with Gasteiger partial charge in [0.05, 0.1) is 51.3 Å². The molecule has 10 unspecified atom stereocenters. The highest BCUT2D eigenvalue weighted by molar-refractivity contribution is 5.12. The van der Waals surface area contributed by atoms with Gasteiger partial charge in [0.2, 0.25) is 0 Å². The average molecular weight is 1230 g/mol. The molecule has 85 heavy (non-hydrogen) atoms. The minimum Gasteiger partial charge on any atom is -0.394 e.